The lowest BCUT2D eigenvalue weighted by Crippen LogP contribution is -2.00. The van der Waals surface area contributed by atoms with Crippen LogP contribution in [0.4, 0.5) is 0 Å². The first-order valence-corrected chi connectivity index (χ1v) is 6.27. The first-order chi connectivity index (χ1) is 9.15. The molecule has 1 N–H and O–H groups in total. The van der Waals surface area contributed by atoms with Crippen molar-refractivity contribution in [1.29, 1.82) is 0 Å². The summed E-state index contributed by atoms with van der Waals surface area (Å²) in [7, 11) is 0. The fourth-order valence-corrected chi connectivity index (χ4v) is 2.17. The van der Waals surface area contributed by atoms with Gasteiger partial charge in [-0.25, -0.2) is 14.8 Å². The smallest absolute Gasteiger partial charge is 0.337 e. The summed E-state index contributed by atoms with van der Waals surface area (Å²) in [5, 5.41) is 8.84. The van der Waals surface area contributed by atoms with E-state index in [4.69, 9.17) is 5.11 Å². The molecular formula is C13H8BrN3O2. The van der Waals surface area contributed by atoms with Gasteiger partial charge in [0.2, 0.25) is 0 Å². The van der Waals surface area contributed by atoms with Gasteiger partial charge in [-0.3, -0.25) is 4.57 Å². The minimum Gasteiger partial charge on any atom is -0.478 e. The van der Waals surface area contributed by atoms with Crippen molar-refractivity contribution in [2.75, 3.05) is 0 Å². The first kappa shape index (κ1) is 11.9. The Morgan fingerprint density at radius 1 is 1.21 bits per heavy atom. The molecule has 5 nitrogen and oxygen atoms in total. The Hall–Kier alpha value is -2.21. The van der Waals surface area contributed by atoms with Crippen LogP contribution in [-0.4, -0.2) is 25.6 Å². The molecule has 2 aromatic heterocycles. The maximum atomic E-state index is 10.8. The molecule has 0 saturated heterocycles. The van der Waals surface area contributed by atoms with E-state index in [0.29, 0.717) is 5.82 Å². The predicted molar refractivity (Wildman–Crippen MR) is 73.5 cm³/mol. The Balaban J connectivity index is 2.11. The zero-order valence-corrected chi connectivity index (χ0v) is 11.2. The fourth-order valence-electron chi connectivity index (χ4n) is 1.82. The van der Waals surface area contributed by atoms with Gasteiger partial charge in [0, 0.05) is 10.7 Å². The molecule has 3 rings (SSSR count). The second kappa shape index (κ2) is 4.47. The minimum absolute atomic E-state index is 0.163. The number of imidazole rings is 1. The second-order valence-corrected chi connectivity index (χ2v) is 4.87. The number of pyridine rings is 1. The van der Waals surface area contributed by atoms with Gasteiger partial charge in [0.1, 0.15) is 12.1 Å². The molecule has 0 aliphatic carbocycles. The molecule has 1 aromatic carbocycles. The minimum atomic E-state index is -0.988. The van der Waals surface area contributed by atoms with Gasteiger partial charge in [0.15, 0.2) is 0 Å². The van der Waals surface area contributed by atoms with E-state index in [-0.39, 0.29) is 5.56 Å². The van der Waals surface area contributed by atoms with Crippen LogP contribution in [0.2, 0.25) is 0 Å². The molecule has 6 heteroatoms. The monoisotopic (exact) mass is 317 g/mol. The average molecular weight is 318 g/mol. The molecule has 0 aliphatic rings. The van der Waals surface area contributed by atoms with Crippen molar-refractivity contribution >= 4 is 32.9 Å². The molecule has 94 valence electrons. The summed E-state index contributed by atoms with van der Waals surface area (Å²) in [6.07, 6.45) is 3.00. The van der Waals surface area contributed by atoms with E-state index in [0.717, 1.165) is 15.5 Å². The molecular weight excluding hydrogens is 310 g/mol. The normalized spacial score (nSPS) is 10.8. The SMILES string of the molecule is O=C(O)c1ccc(-n2cnc3cc(Br)ccc32)nc1. The van der Waals surface area contributed by atoms with Crippen LogP contribution < -0.4 is 0 Å². The lowest BCUT2D eigenvalue weighted by Gasteiger charge is -2.03. The van der Waals surface area contributed by atoms with Crippen LogP contribution >= 0.6 is 15.9 Å². The first-order valence-electron chi connectivity index (χ1n) is 5.47. The molecule has 19 heavy (non-hydrogen) atoms. The van der Waals surface area contributed by atoms with Gasteiger partial charge in [0.25, 0.3) is 0 Å². The van der Waals surface area contributed by atoms with Gasteiger partial charge in [0.05, 0.1) is 16.6 Å². The number of fused-ring (bicyclic) bond motifs is 1. The summed E-state index contributed by atoms with van der Waals surface area (Å²) in [5.74, 6) is -0.353. The third-order valence-corrected chi connectivity index (χ3v) is 3.24. The number of halogens is 1. The number of carboxylic acids is 1. The molecule has 0 spiro atoms. The Morgan fingerprint density at radius 2 is 2.05 bits per heavy atom. The Morgan fingerprint density at radius 3 is 2.74 bits per heavy atom. The highest BCUT2D eigenvalue weighted by molar-refractivity contribution is 9.10. The lowest BCUT2D eigenvalue weighted by molar-refractivity contribution is 0.0696. The van der Waals surface area contributed by atoms with Crippen LogP contribution in [0.15, 0.2) is 47.3 Å². The summed E-state index contributed by atoms with van der Waals surface area (Å²) in [6, 6.07) is 8.95. The highest BCUT2D eigenvalue weighted by Crippen LogP contribution is 2.21. The lowest BCUT2D eigenvalue weighted by atomic mass is 10.3. The van der Waals surface area contributed by atoms with Gasteiger partial charge in [-0.05, 0) is 30.3 Å². The number of aromatic nitrogens is 3. The zero-order chi connectivity index (χ0) is 13.4. The number of benzene rings is 1. The molecule has 0 radical (unpaired) electrons. The summed E-state index contributed by atoms with van der Waals surface area (Å²) in [6.45, 7) is 0. The molecule has 0 atom stereocenters. The molecule has 0 unspecified atom stereocenters. The van der Waals surface area contributed by atoms with Crippen molar-refractivity contribution in [2.45, 2.75) is 0 Å². The Bertz CT molecular complexity index is 765. The zero-order valence-electron chi connectivity index (χ0n) is 9.62. The summed E-state index contributed by atoms with van der Waals surface area (Å²) >= 11 is 3.39. The number of nitrogens with zero attached hydrogens (tertiary/aromatic N) is 3. The number of carboxylic acid groups (broad SMARTS) is 1. The number of aromatic carboxylic acids is 1. The second-order valence-electron chi connectivity index (χ2n) is 3.96. The highest BCUT2D eigenvalue weighted by atomic mass is 79.9. The maximum Gasteiger partial charge on any atom is 0.337 e. The van der Waals surface area contributed by atoms with Gasteiger partial charge in [-0.15, -0.1) is 0 Å². The van der Waals surface area contributed by atoms with Crippen LogP contribution in [0.1, 0.15) is 10.4 Å². The van der Waals surface area contributed by atoms with Crippen LogP contribution in [0.25, 0.3) is 16.9 Å². The van der Waals surface area contributed by atoms with E-state index in [2.05, 4.69) is 25.9 Å². The van der Waals surface area contributed by atoms with E-state index < -0.39 is 5.97 Å². The Kier molecular flexibility index (Phi) is 2.79. The van der Waals surface area contributed by atoms with E-state index in [1.807, 2.05) is 22.8 Å². The number of hydrogen-bond acceptors (Lipinski definition) is 3. The molecule has 0 bridgehead atoms. The number of carbonyl (C=O) groups is 1. The van der Waals surface area contributed by atoms with Crippen LogP contribution in [0.5, 0.6) is 0 Å². The summed E-state index contributed by atoms with van der Waals surface area (Å²) in [5.41, 5.74) is 1.92. The predicted octanol–water partition coefficient (Wildman–Crippen LogP) is 2.88. The highest BCUT2D eigenvalue weighted by Gasteiger charge is 2.07. The van der Waals surface area contributed by atoms with Crippen LogP contribution in [0, 0.1) is 0 Å². The van der Waals surface area contributed by atoms with E-state index in [1.54, 1.807) is 12.4 Å². The Labute approximate surface area is 116 Å². The van der Waals surface area contributed by atoms with Crippen molar-refractivity contribution < 1.29 is 9.90 Å². The maximum absolute atomic E-state index is 10.8. The van der Waals surface area contributed by atoms with Crippen molar-refractivity contribution in [3.8, 4) is 5.82 Å². The third-order valence-electron chi connectivity index (χ3n) is 2.75. The van der Waals surface area contributed by atoms with E-state index in [1.165, 1.54) is 12.3 Å². The van der Waals surface area contributed by atoms with Gasteiger partial charge >= 0.3 is 5.97 Å². The average Bonchev–Trinajstić information content (AvgIpc) is 2.81. The van der Waals surface area contributed by atoms with Crippen LogP contribution in [-0.2, 0) is 0 Å². The molecule has 3 aromatic rings. The number of hydrogen-bond donors (Lipinski definition) is 1. The molecule has 0 fully saturated rings. The third kappa shape index (κ3) is 2.10. The van der Waals surface area contributed by atoms with Gasteiger partial charge < -0.3 is 5.11 Å². The standard InChI is InChI=1S/C13H8BrN3O2/c14-9-2-3-11-10(5-9)16-7-17(11)12-4-1-8(6-15-12)13(18)19/h1-7H,(H,18,19). The molecule has 0 saturated carbocycles. The molecule has 2 heterocycles. The van der Waals surface area contributed by atoms with Crippen molar-refractivity contribution in [1.82, 2.24) is 14.5 Å². The van der Waals surface area contributed by atoms with E-state index in [9.17, 15) is 4.79 Å². The van der Waals surface area contributed by atoms with Crippen molar-refractivity contribution in [3.63, 3.8) is 0 Å². The van der Waals surface area contributed by atoms with Crippen molar-refractivity contribution in [2.24, 2.45) is 0 Å². The van der Waals surface area contributed by atoms with Crippen LogP contribution in [0.3, 0.4) is 0 Å². The summed E-state index contributed by atoms with van der Waals surface area (Å²) in [4.78, 5) is 19.2. The van der Waals surface area contributed by atoms with Gasteiger partial charge in [-0.1, -0.05) is 15.9 Å². The fraction of sp³-hybridized carbons (Fsp3) is 0. The van der Waals surface area contributed by atoms with E-state index >= 15 is 0 Å². The van der Waals surface area contributed by atoms with Crippen molar-refractivity contribution in [3.05, 3.63) is 52.9 Å². The topological polar surface area (TPSA) is 68.0 Å². The van der Waals surface area contributed by atoms with Gasteiger partial charge in [-0.2, -0.15) is 0 Å². The summed E-state index contributed by atoms with van der Waals surface area (Å²) < 4.78 is 2.77. The number of rotatable bonds is 2. The molecule has 0 aliphatic heterocycles. The molecule has 0 amide bonds. The quantitative estimate of drug-likeness (QED) is 0.789. The largest absolute Gasteiger partial charge is 0.478 e.